The second-order valence-electron chi connectivity index (χ2n) is 0.915. The SMILES string of the molecule is O=CCS(=O)(=O)O.[H-].[Li+]. The Hall–Kier alpha value is 0.177. The van der Waals surface area contributed by atoms with Crippen molar-refractivity contribution in [2.75, 3.05) is 5.75 Å². The zero-order chi connectivity index (χ0) is 5.91. The van der Waals surface area contributed by atoms with Crippen LogP contribution in [0.15, 0.2) is 0 Å². The molecule has 0 saturated carbocycles. The summed E-state index contributed by atoms with van der Waals surface area (Å²) in [6.45, 7) is 0. The first-order valence-corrected chi connectivity index (χ1v) is 3.06. The minimum absolute atomic E-state index is 0. The molecule has 0 unspecified atom stereocenters. The first-order valence-electron chi connectivity index (χ1n) is 1.45. The van der Waals surface area contributed by atoms with Gasteiger partial charge in [0.15, 0.2) is 0 Å². The maximum Gasteiger partial charge on any atom is 1.00 e. The van der Waals surface area contributed by atoms with Gasteiger partial charge in [0.2, 0.25) is 0 Å². The van der Waals surface area contributed by atoms with Crippen LogP contribution in [0.4, 0.5) is 0 Å². The molecule has 4 nitrogen and oxygen atoms in total. The van der Waals surface area contributed by atoms with E-state index < -0.39 is 15.9 Å². The standard InChI is InChI=1S/C2H4O4S.Li.H/c3-1-2-7(4,5)6;;/h1H,2H2,(H,4,5,6);;/q;+1;-1. The van der Waals surface area contributed by atoms with Crippen molar-refractivity contribution in [3.63, 3.8) is 0 Å². The topological polar surface area (TPSA) is 71.4 Å². The number of rotatable bonds is 2. The Morgan fingerprint density at radius 1 is 1.62 bits per heavy atom. The number of hydrogen-bond donors (Lipinski definition) is 1. The second kappa shape index (κ2) is 4.10. The monoisotopic (exact) mass is 132 g/mol. The molecule has 0 saturated heterocycles. The molecule has 0 spiro atoms. The van der Waals surface area contributed by atoms with Crippen LogP contribution >= 0.6 is 0 Å². The van der Waals surface area contributed by atoms with Gasteiger partial charge in [-0.3, -0.25) is 4.55 Å². The van der Waals surface area contributed by atoms with Gasteiger partial charge in [0.25, 0.3) is 10.1 Å². The molecular weight excluding hydrogens is 127 g/mol. The largest absolute Gasteiger partial charge is 1.00 e. The van der Waals surface area contributed by atoms with Crippen molar-refractivity contribution < 1.29 is 38.1 Å². The molecule has 8 heavy (non-hydrogen) atoms. The molecule has 0 aromatic carbocycles. The van der Waals surface area contributed by atoms with Gasteiger partial charge < -0.3 is 6.22 Å². The van der Waals surface area contributed by atoms with Crippen molar-refractivity contribution in [1.29, 1.82) is 0 Å². The quantitative estimate of drug-likeness (QED) is 0.237. The van der Waals surface area contributed by atoms with Gasteiger partial charge >= 0.3 is 18.9 Å². The van der Waals surface area contributed by atoms with E-state index in [-0.39, 0.29) is 26.6 Å². The normalized spacial score (nSPS) is 9.62. The zero-order valence-electron chi connectivity index (χ0n) is 5.36. The second-order valence-corrected chi connectivity index (χ2v) is 2.41. The molecular formula is C2H5LiO4S. The van der Waals surface area contributed by atoms with E-state index in [4.69, 9.17) is 4.55 Å². The Balaban J connectivity index is -0.000000180. The van der Waals surface area contributed by atoms with Crippen LogP contribution in [-0.2, 0) is 14.9 Å². The summed E-state index contributed by atoms with van der Waals surface area (Å²) in [7, 11) is -4.04. The molecule has 0 atom stereocenters. The van der Waals surface area contributed by atoms with Crippen LogP contribution in [0, 0.1) is 0 Å². The molecule has 0 radical (unpaired) electrons. The summed E-state index contributed by atoms with van der Waals surface area (Å²) in [6.07, 6.45) is 0.120. The average Bonchev–Trinajstić information content (AvgIpc) is 1.30. The van der Waals surface area contributed by atoms with Crippen molar-refractivity contribution >= 4 is 16.4 Å². The molecule has 0 fully saturated rings. The van der Waals surface area contributed by atoms with Crippen molar-refractivity contribution in [3.05, 3.63) is 0 Å². The van der Waals surface area contributed by atoms with E-state index in [1.54, 1.807) is 0 Å². The molecule has 0 aromatic rings. The van der Waals surface area contributed by atoms with Crippen molar-refractivity contribution in [2.24, 2.45) is 0 Å². The molecule has 0 aromatic heterocycles. The van der Waals surface area contributed by atoms with Gasteiger partial charge in [-0.15, -0.1) is 0 Å². The average molecular weight is 132 g/mol. The summed E-state index contributed by atoms with van der Waals surface area (Å²) in [4.78, 5) is 9.28. The van der Waals surface area contributed by atoms with Crippen LogP contribution in [0.3, 0.4) is 0 Å². The van der Waals surface area contributed by atoms with Crippen molar-refractivity contribution in [3.8, 4) is 0 Å². The third-order valence-electron chi connectivity index (χ3n) is 0.279. The third-order valence-corrected chi connectivity index (χ3v) is 0.836. The molecule has 1 N–H and O–H groups in total. The first-order chi connectivity index (χ1) is 3.06. The molecule has 0 bridgehead atoms. The van der Waals surface area contributed by atoms with Gasteiger partial charge in [-0.2, -0.15) is 8.42 Å². The van der Waals surface area contributed by atoms with Gasteiger partial charge in [-0.25, -0.2) is 0 Å². The predicted molar refractivity (Wildman–Crippen MR) is 23.6 cm³/mol. The van der Waals surface area contributed by atoms with Gasteiger partial charge in [0.05, 0.1) is 0 Å². The van der Waals surface area contributed by atoms with Crippen LogP contribution < -0.4 is 18.9 Å². The summed E-state index contributed by atoms with van der Waals surface area (Å²) < 4.78 is 26.9. The van der Waals surface area contributed by atoms with Gasteiger partial charge in [0, 0.05) is 0 Å². The zero-order valence-corrected chi connectivity index (χ0v) is 5.18. The molecule has 0 aliphatic rings. The fraction of sp³-hybridized carbons (Fsp3) is 0.500. The van der Waals surface area contributed by atoms with Crippen LogP contribution in [0.2, 0.25) is 0 Å². The molecule has 0 rings (SSSR count). The van der Waals surface area contributed by atoms with E-state index in [2.05, 4.69) is 0 Å². The smallest absolute Gasteiger partial charge is 1.00 e. The number of hydrogen-bond acceptors (Lipinski definition) is 3. The Morgan fingerprint density at radius 2 is 2.00 bits per heavy atom. The molecule has 0 aliphatic carbocycles. The summed E-state index contributed by atoms with van der Waals surface area (Å²) >= 11 is 0. The van der Waals surface area contributed by atoms with Gasteiger partial charge in [0.1, 0.15) is 12.0 Å². The maximum absolute atomic E-state index is 9.56. The van der Waals surface area contributed by atoms with Crippen LogP contribution in [0.1, 0.15) is 1.43 Å². The molecule has 0 heterocycles. The predicted octanol–water partition coefficient (Wildman–Crippen LogP) is -3.81. The van der Waals surface area contributed by atoms with E-state index in [1.807, 2.05) is 0 Å². The van der Waals surface area contributed by atoms with Crippen LogP contribution in [-0.4, -0.2) is 25.0 Å². The number of carbonyl (C=O) groups excluding carboxylic acids is 1. The van der Waals surface area contributed by atoms with E-state index in [9.17, 15) is 13.2 Å². The molecule has 0 aliphatic heterocycles. The molecule has 44 valence electrons. The number of carbonyl (C=O) groups is 1. The van der Waals surface area contributed by atoms with E-state index >= 15 is 0 Å². The Morgan fingerprint density at radius 3 is 2.00 bits per heavy atom. The molecule has 0 amide bonds. The maximum atomic E-state index is 9.56. The summed E-state index contributed by atoms with van der Waals surface area (Å²) in [5.74, 6) is -0.812. The van der Waals surface area contributed by atoms with E-state index in [1.165, 1.54) is 0 Å². The van der Waals surface area contributed by atoms with Gasteiger partial charge in [-0.05, 0) is 0 Å². The third kappa shape index (κ3) is 9.49. The summed E-state index contributed by atoms with van der Waals surface area (Å²) in [6, 6.07) is 0. The minimum atomic E-state index is -4.04. The Kier molecular flexibility index (Phi) is 5.65. The summed E-state index contributed by atoms with van der Waals surface area (Å²) in [5.41, 5.74) is 0. The van der Waals surface area contributed by atoms with Gasteiger partial charge in [-0.1, -0.05) is 0 Å². The first kappa shape index (κ1) is 11.0. The number of aldehydes is 1. The van der Waals surface area contributed by atoms with E-state index in [0.717, 1.165) is 0 Å². The summed E-state index contributed by atoms with van der Waals surface area (Å²) in [5, 5.41) is 0. The Labute approximate surface area is 60.7 Å². The fourth-order valence-electron chi connectivity index (χ4n) is 0.0860. The van der Waals surface area contributed by atoms with Crippen molar-refractivity contribution in [1.82, 2.24) is 0 Å². The van der Waals surface area contributed by atoms with Crippen LogP contribution in [0.5, 0.6) is 0 Å². The minimum Gasteiger partial charge on any atom is -1.00 e. The van der Waals surface area contributed by atoms with Crippen LogP contribution in [0.25, 0.3) is 0 Å². The van der Waals surface area contributed by atoms with Crippen molar-refractivity contribution in [2.45, 2.75) is 0 Å². The fourth-order valence-corrected chi connectivity index (χ4v) is 0.258. The van der Waals surface area contributed by atoms with E-state index in [0.29, 0.717) is 0 Å². The Bertz CT molecular complexity index is 152. The molecule has 6 heteroatoms.